The van der Waals surface area contributed by atoms with E-state index < -0.39 is 37.3 Å². The fourth-order valence-electron chi connectivity index (χ4n) is 3.80. The normalized spacial score (nSPS) is 16.4. The molecule has 4 N–H and O–H groups in total. The number of benzene rings is 1. The molecule has 4 rings (SSSR count). The Kier molecular flexibility index (Phi) is 8.37. The summed E-state index contributed by atoms with van der Waals surface area (Å²) >= 11 is 5.93. The van der Waals surface area contributed by atoms with Crippen LogP contribution in [-0.4, -0.2) is 55.5 Å². The van der Waals surface area contributed by atoms with Crippen LogP contribution in [0.3, 0.4) is 0 Å². The summed E-state index contributed by atoms with van der Waals surface area (Å²) in [5.74, 6) is -0.903. The van der Waals surface area contributed by atoms with Crippen molar-refractivity contribution in [2.24, 2.45) is 0 Å². The molecule has 2 heterocycles. The molecule has 0 spiro atoms. The number of nitrogen functional groups attached to an aromatic ring is 1. The van der Waals surface area contributed by atoms with Crippen molar-refractivity contribution in [3.63, 3.8) is 0 Å². The number of amides is 1. The number of esters is 1. The smallest absolute Gasteiger partial charge is 0.326 e. The lowest BCUT2D eigenvalue weighted by Gasteiger charge is -2.34. The summed E-state index contributed by atoms with van der Waals surface area (Å²) in [4.78, 5) is 38.2. The van der Waals surface area contributed by atoms with Gasteiger partial charge < -0.3 is 19.8 Å². The van der Waals surface area contributed by atoms with Crippen LogP contribution in [0.5, 0.6) is 0 Å². The lowest BCUT2D eigenvalue weighted by molar-refractivity contribution is -0.159. The van der Waals surface area contributed by atoms with Gasteiger partial charge in [0.1, 0.15) is 29.8 Å². The van der Waals surface area contributed by atoms with Crippen molar-refractivity contribution in [1.82, 2.24) is 29.7 Å². The van der Waals surface area contributed by atoms with Crippen molar-refractivity contribution >= 4 is 47.9 Å². The van der Waals surface area contributed by atoms with Gasteiger partial charge in [0, 0.05) is 10.6 Å². The number of nitrogens with one attached hydrogen (secondary N) is 2. The van der Waals surface area contributed by atoms with E-state index in [1.54, 1.807) is 43.8 Å². The Labute approximate surface area is 225 Å². The number of nitrogens with two attached hydrogens (primary N) is 1. The molecule has 1 fully saturated rings. The number of hydrogen-bond donors (Lipinski definition) is 3. The van der Waals surface area contributed by atoms with Gasteiger partial charge in [-0.25, -0.2) is 20.0 Å². The number of carbonyl (C=O) groups is 2. The van der Waals surface area contributed by atoms with E-state index in [0.717, 1.165) is 19.3 Å². The van der Waals surface area contributed by atoms with Gasteiger partial charge in [-0.15, -0.1) is 0 Å². The Morgan fingerprint density at radius 1 is 1.24 bits per heavy atom. The maximum atomic E-state index is 14.1. The van der Waals surface area contributed by atoms with Crippen molar-refractivity contribution < 1.29 is 23.6 Å². The van der Waals surface area contributed by atoms with Crippen molar-refractivity contribution in [2.75, 3.05) is 12.1 Å². The van der Waals surface area contributed by atoms with Crippen molar-refractivity contribution in [3.05, 3.63) is 47.5 Å². The van der Waals surface area contributed by atoms with E-state index in [-0.39, 0.29) is 17.5 Å². The van der Waals surface area contributed by atoms with Crippen LogP contribution in [0.4, 0.5) is 5.82 Å². The van der Waals surface area contributed by atoms with Gasteiger partial charge in [0.25, 0.3) is 13.4 Å². The fourth-order valence-corrected chi connectivity index (χ4v) is 6.03. The largest absolute Gasteiger partial charge is 0.461 e. The van der Waals surface area contributed by atoms with Crippen molar-refractivity contribution in [2.45, 2.75) is 64.3 Å². The SMILES string of the molecule is C[C@H](Cn1cnc2c(N)ncnc21)OC[P@@](=O)(NC(=O)c1ccc(Cl)cc1)NC(C)(C)C(=O)OC1CCC1. The van der Waals surface area contributed by atoms with E-state index in [9.17, 15) is 14.2 Å². The Balaban J connectivity index is 1.48. The highest BCUT2D eigenvalue weighted by atomic mass is 35.5. The quantitative estimate of drug-likeness (QED) is 0.232. The zero-order valence-corrected chi connectivity index (χ0v) is 23.0. The lowest BCUT2D eigenvalue weighted by atomic mass is 9.96. The third kappa shape index (κ3) is 6.68. The number of aromatic nitrogens is 4. The van der Waals surface area contributed by atoms with Gasteiger partial charge in [-0.05, 0) is 64.3 Å². The van der Waals surface area contributed by atoms with Crippen LogP contribution in [-0.2, 0) is 25.4 Å². The monoisotopic (exact) mass is 563 g/mol. The number of anilines is 1. The zero-order valence-electron chi connectivity index (χ0n) is 21.4. The molecule has 3 aromatic rings. The number of carbonyl (C=O) groups excluding carboxylic acids is 2. The number of halogens is 1. The van der Waals surface area contributed by atoms with E-state index in [1.807, 2.05) is 0 Å². The van der Waals surface area contributed by atoms with E-state index in [2.05, 4.69) is 25.1 Å². The predicted octanol–water partition coefficient (Wildman–Crippen LogP) is 3.51. The Morgan fingerprint density at radius 3 is 2.61 bits per heavy atom. The van der Waals surface area contributed by atoms with E-state index in [0.29, 0.717) is 22.7 Å². The van der Waals surface area contributed by atoms with Crippen LogP contribution in [0, 0.1) is 0 Å². The van der Waals surface area contributed by atoms with Gasteiger partial charge in [0.15, 0.2) is 11.5 Å². The van der Waals surface area contributed by atoms with Crippen LogP contribution in [0.2, 0.25) is 5.02 Å². The number of rotatable bonds is 11. The molecule has 1 aliphatic rings. The first-order valence-electron chi connectivity index (χ1n) is 12.2. The molecule has 12 nitrogen and oxygen atoms in total. The van der Waals surface area contributed by atoms with E-state index >= 15 is 0 Å². The molecule has 1 saturated carbocycles. The lowest BCUT2D eigenvalue weighted by Crippen LogP contribution is -2.50. The van der Waals surface area contributed by atoms with Gasteiger partial charge in [0.2, 0.25) is 0 Å². The summed E-state index contributed by atoms with van der Waals surface area (Å²) in [7, 11) is -3.84. The first-order valence-corrected chi connectivity index (χ1v) is 14.4. The van der Waals surface area contributed by atoms with E-state index in [4.69, 9.17) is 26.8 Å². The molecule has 0 bridgehead atoms. The number of imidazole rings is 1. The maximum Gasteiger partial charge on any atom is 0.326 e. The first-order chi connectivity index (χ1) is 18.0. The second-order valence-corrected chi connectivity index (χ2v) is 12.4. The second-order valence-electron chi connectivity index (χ2n) is 9.82. The number of ether oxygens (including phenoxy) is 2. The first kappa shape index (κ1) is 28.0. The topological polar surface area (TPSA) is 163 Å². The fraction of sp³-hybridized carbons (Fsp3) is 0.458. The van der Waals surface area contributed by atoms with Gasteiger partial charge in [-0.2, -0.15) is 0 Å². The predicted molar refractivity (Wildman–Crippen MR) is 143 cm³/mol. The Hall–Kier alpha value is -3.05. The molecule has 0 unspecified atom stereocenters. The number of nitrogens with zero attached hydrogens (tertiary/aromatic N) is 4. The molecular weight excluding hydrogens is 533 g/mol. The highest BCUT2D eigenvalue weighted by molar-refractivity contribution is 7.60. The zero-order chi connectivity index (χ0) is 27.5. The standard InChI is InChI=1S/C24H31ClN7O5P/c1-15(11-32-13-29-19-20(26)27-12-28-21(19)32)36-14-38(35,30-22(33)16-7-9-17(25)10-8-16)31-24(2,3)23(34)37-18-5-4-6-18/h7-10,12-13,15,18H,4-6,11,14H2,1-3H3,(H2,26,27,28)(H2,30,31,33,35)/t15-,38-/m1/s1. The molecule has 0 aliphatic heterocycles. The Bertz CT molecular complexity index is 1360. The summed E-state index contributed by atoms with van der Waals surface area (Å²) in [6.07, 6.45) is 4.49. The summed E-state index contributed by atoms with van der Waals surface area (Å²) in [5, 5.41) is 5.83. The summed E-state index contributed by atoms with van der Waals surface area (Å²) in [6.45, 7) is 5.20. The highest BCUT2D eigenvalue weighted by Gasteiger charge is 2.40. The molecule has 0 radical (unpaired) electrons. The van der Waals surface area contributed by atoms with Crippen molar-refractivity contribution in [3.8, 4) is 0 Å². The maximum absolute atomic E-state index is 14.1. The molecule has 14 heteroatoms. The highest BCUT2D eigenvalue weighted by Crippen LogP contribution is 2.40. The average molecular weight is 564 g/mol. The van der Waals surface area contributed by atoms with Gasteiger partial charge in [-0.3, -0.25) is 19.2 Å². The molecule has 1 amide bonds. The minimum Gasteiger partial charge on any atom is -0.461 e. The van der Waals surface area contributed by atoms with Crippen LogP contribution in [0.25, 0.3) is 11.2 Å². The average Bonchev–Trinajstić information content (AvgIpc) is 3.24. The number of hydrogen-bond acceptors (Lipinski definition) is 9. The minimum absolute atomic E-state index is 0.147. The summed E-state index contributed by atoms with van der Waals surface area (Å²) < 4.78 is 27.2. The second kappa shape index (κ2) is 11.4. The minimum atomic E-state index is -3.84. The van der Waals surface area contributed by atoms with Gasteiger partial charge >= 0.3 is 5.97 Å². The van der Waals surface area contributed by atoms with Crippen LogP contribution >= 0.6 is 19.0 Å². The number of fused-ring (bicyclic) bond motifs is 1. The molecule has 2 aromatic heterocycles. The summed E-state index contributed by atoms with van der Waals surface area (Å²) in [5.41, 5.74) is 5.75. The third-order valence-corrected chi connectivity index (χ3v) is 8.36. The molecule has 2 atom stereocenters. The van der Waals surface area contributed by atoms with Crippen molar-refractivity contribution in [1.29, 1.82) is 0 Å². The molecule has 1 aliphatic carbocycles. The van der Waals surface area contributed by atoms with Crippen LogP contribution < -0.4 is 15.9 Å². The molecule has 0 saturated heterocycles. The van der Waals surface area contributed by atoms with Crippen LogP contribution in [0.15, 0.2) is 36.9 Å². The molecular formula is C24H31ClN7O5P. The summed E-state index contributed by atoms with van der Waals surface area (Å²) in [6, 6.07) is 6.14. The van der Waals surface area contributed by atoms with Crippen LogP contribution in [0.1, 0.15) is 50.4 Å². The Morgan fingerprint density at radius 2 is 1.95 bits per heavy atom. The van der Waals surface area contributed by atoms with E-state index in [1.165, 1.54) is 18.5 Å². The molecule has 204 valence electrons. The van der Waals surface area contributed by atoms with Gasteiger partial charge in [-0.1, -0.05) is 11.6 Å². The molecule has 38 heavy (non-hydrogen) atoms. The molecule has 1 aromatic carbocycles. The van der Waals surface area contributed by atoms with Gasteiger partial charge in [0.05, 0.1) is 19.0 Å². The third-order valence-electron chi connectivity index (χ3n) is 6.11.